The van der Waals surface area contributed by atoms with Gasteiger partial charge in [-0.15, -0.1) is 0 Å². The molecule has 3 nitrogen and oxygen atoms in total. The zero-order valence-electron chi connectivity index (χ0n) is 16.5. The van der Waals surface area contributed by atoms with Gasteiger partial charge in [-0.1, -0.05) is 17.7 Å². The first-order valence-corrected chi connectivity index (χ1v) is 9.73. The molecule has 135 valence electrons. The number of carbonyl (C=O) groups excluding carboxylic acids is 1. The molecule has 25 heavy (non-hydrogen) atoms. The van der Waals surface area contributed by atoms with Gasteiger partial charge in [-0.2, -0.15) is 0 Å². The van der Waals surface area contributed by atoms with Crippen molar-refractivity contribution < 1.29 is 42.0 Å². The third kappa shape index (κ3) is 4.04. The fraction of sp³-hybridized carbons (Fsp3) is 0.667. The van der Waals surface area contributed by atoms with Crippen LogP contribution in [-0.2, 0) is 37.5 Å². The van der Waals surface area contributed by atoms with E-state index in [-0.39, 0.29) is 38.8 Å². The predicted molar refractivity (Wildman–Crippen MR) is 100 cm³/mol. The molecule has 0 aromatic heterocycles. The molecule has 1 radical (unpaired) electrons. The van der Waals surface area contributed by atoms with Gasteiger partial charge in [0.25, 0.3) is 5.91 Å². The Hall–Kier alpha value is -0.246. The van der Waals surface area contributed by atoms with Crippen LogP contribution >= 0.6 is 0 Å². The van der Waals surface area contributed by atoms with Gasteiger partial charge in [0.05, 0.1) is 19.6 Å². The van der Waals surface area contributed by atoms with Crippen LogP contribution in [-0.4, -0.2) is 42.6 Å². The third-order valence-electron chi connectivity index (χ3n) is 6.31. The maximum atomic E-state index is 13.5. The Labute approximate surface area is 178 Å². The summed E-state index contributed by atoms with van der Waals surface area (Å²) in [6, 6.07) is 4.60. The summed E-state index contributed by atoms with van der Waals surface area (Å²) in [4.78, 5) is 15.6. The summed E-state index contributed by atoms with van der Waals surface area (Å²) in [7, 11) is 0. The Morgan fingerprint density at radius 1 is 1.04 bits per heavy atom. The number of rotatable bonds is 3. The van der Waals surface area contributed by atoms with Gasteiger partial charge in [0.1, 0.15) is 0 Å². The van der Waals surface area contributed by atoms with E-state index in [0.29, 0.717) is 5.91 Å². The minimum atomic E-state index is 0. The third-order valence-corrected chi connectivity index (χ3v) is 6.31. The first kappa shape index (κ1) is 21.1. The average Bonchev–Trinajstić information content (AvgIpc) is 2.56. The monoisotopic (exact) mass is 418 g/mol. The quantitative estimate of drug-likeness (QED) is 0.677. The van der Waals surface area contributed by atoms with E-state index in [1.165, 1.54) is 54.7 Å². The van der Waals surface area contributed by atoms with Crippen LogP contribution in [0.5, 0.6) is 0 Å². The molecule has 0 saturated carbocycles. The van der Waals surface area contributed by atoms with Crippen LogP contribution in [0.15, 0.2) is 12.1 Å². The number of carbonyl (C=O) groups is 1. The van der Waals surface area contributed by atoms with Crippen LogP contribution in [0.4, 0.5) is 5.69 Å². The number of hydrogen-bond donors (Lipinski definition) is 0. The molecule has 1 atom stereocenters. The van der Waals surface area contributed by atoms with Gasteiger partial charge in [0, 0.05) is 51.4 Å². The summed E-state index contributed by atoms with van der Waals surface area (Å²) in [5.41, 5.74) is 4.93. The predicted octanol–water partition coefficient (Wildman–Crippen LogP) is 4.13. The van der Waals surface area contributed by atoms with Gasteiger partial charge >= 0.3 is 0 Å². The second-order valence-electron chi connectivity index (χ2n) is 7.94. The van der Waals surface area contributed by atoms with Gasteiger partial charge in [-0.25, -0.2) is 0 Å². The largest absolute Gasteiger partial charge is 0.314 e. The number of amides is 1. The van der Waals surface area contributed by atoms with E-state index in [1.807, 2.05) is 0 Å². The van der Waals surface area contributed by atoms with E-state index < -0.39 is 0 Å². The molecule has 2 aliphatic heterocycles. The minimum absolute atomic E-state index is 0. The van der Waals surface area contributed by atoms with Gasteiger partial charge in [0.2, 0.25) is 0 Å². The van der Waals surface area contributed by atoms with Crippen LogP contribution in [0, 0.1) is 20.8 Å². The molecule has 3 rings (SSSR count). The number of nitrogens with zero attached hydrogens (tertiary/aromatic N) is 2. The second kappa shape index (κ2) is 8.63. The molecule has 0 N–H and O–H groups in total. The van der Waals surface area contributed by atoms with Gasteiger partial charge in [0.15, 0.2) is 6.04 Å². The molecule has 2 saturated heterocycles. The molecule has 1 aromatic rings. The van der Waals surface area contributed by atoms with Gasteiger partial charge in [-0.3, -0.25) is 4.79 Å². The number of aryl methyl sites for hydroxylation is 3. The summed E-state index contributed by atoms with van der Waals surface area (Å²) in [5, 5.41) is 0. The first-order chi connectivity index (χ1) is 11.5. The van der Waals surface area contributed by atoms with Crippen molar-refractivity contribution in [3.8, 4) is 0 Å². The van der Waals surface area contributed by atoms with Gasteiger partial charge < -0.3 is 9.38 Å². The maximum absolute atomic E-state index is 13.5. The number of likely N-dealkylation sites (tertiary alicyclic amines) is 1. The van der Waals surface area contributed by atoms with Crippen molar-refractivity contribution in [1.82, 2.24) is 0 Å². The molecule has 2 heterocycles. The van der Waals surface area contributed by atoms with Crippen LogP contribution in [0.25, 0.3) is 0 Å². The van der Waals surface area contributed by atoms with Crippen LogP contribution in [0.3, 0.4) is 0 Å². The molecular formula is C21H33N2OY+. The number of likely N-dealkylation sites (N-methyl/N-ethyl adjacent to an activating group) is 1. The van der Waals surface area contributed by atoms with Crippen molar-refractivity contribution in [3.63, 3.8) is 0 Å². The zero-order chi connectivity index (χ0) is 17.3. The molecule has 0 bridgehead atoms. The average molecular weight is 418 g/mol. The van der Waals surface area contributed by atoms with Crippen molar-refractivity contribution >= 4 is 11.6 Å². The summed E-state index contributed by atoms with van der Waals surface area (Å²) in [6.07, 6.45) is 6.08. The number of anilines is 1. The normalized spacial score (nSPS) is 23.3. The molecule has 1 unspecified atom stereocenters. The summed E-state index contributed by atoms with van der Waals surface area (Å²) < 4.78 is 1.03. The standard InChI is InChI=1S/C21H33N2O.Y/c1-5-23(12-7-6-8-13-23)19-10-9-11-22(21(19)24)20-17(3)14-16(2)15-18(20)4;/h14-15,19H,5-13H2,1-4H3;/q+1;. The van der Waals surface area contributed by atoms with E-state index in [2.05, 4.69) is 44.7 Å². The minimum Gasteiger partial charge on any atom is -0.314 e. The molecule has 1 aromatic carbocycles. The van der Waals surface area contributed by atoms with Crippen molar-refractivity contribution in [2.24, 2.45) is 0 Å². The SMILES string of the molecule is CC[N+]1(C2CCCN(c3c(C)cc(C)cc3C)C2=O)CCCCC1.[Y]. The fourth-order valence-corrected chi connectivity index (χ4v) is 5.17. The van der Waals surface area contributed by atoms with E-state index >= 15 is 0 Å². The Kier molecular flexibility index (Phi) is 7.27. The molecule has 0 spiro atoms. The van der Waals surface area contributed by atoms with E-state index in [0.717, 1.165) is 30.4 Å². The van der Waals surface area contributed by atoms with Crippen molar-refractivity contribution in [3.05, 3.63) is 28.8 Å². The summed E-state index contributed by atoms with van der Waals surface area (Å²) in [5.74, 6) is 0.375. The molecule has 1 amide bonds. The van der Waals surface area contributed by atoms with Crippen molar-refractivity contribution in [1.29, 1.82) is 0 Å². The maximum Gasteiger partial charge on any atom is 0.285 e. The smallest absolute Gasteiger partial charge is 0.285 e. The number of hydrogen-bond acceptors (Lipinski definition) is 1. The molecule has 0 aliphatic carbocycles. The second-order valence-corrected chi connectivity index (χ2v) is 7.94. The molecular weight excluding hydrogens is 385 g/mol. The Balaban J connectivity index is 0.00000225. The molecule has 2 aliphatic rings. The van der Waals surface area contributed by atoms with Gasteiger partial charge in [-0.05, 0) is 64.5 Å². The Bertz CT molecular complexity index is 599. The van der Waals surface area contributed by atoms with E-state index in [9.17, 15) is 4.79 Å². The first-order valence-electron chi connectivity index (χ1n) is 9.73. The van der Waals surface area contributed by atoms with Crippen molar-refractivity contribution in [2.75, 3.05) is 31.1 Å². The summed E-state index contributed by atoms with van der Waals surface area (Å²) >= 11 is 0. The van der Waals surface area contributed by atoms with E-state index in [4.69, 9.17) is 0 Å². The summed E-state index contributed by atoms with van der Waals surface area (Å²) in [6.45, 7) is 13.1. The van der Waals surface area contributed by atoms with Crippen LogP contribution in [0.2, 0.25) is 0 Å². The fourth-order valence-electron chi connectivity index (χ4n) is 5.17. The van der Waals surface area contributed by atoms with Crippen molar-refractivity contribution in [2.45, 2.75) is 65.8 Å². The Morgan fingerprint density at radius 3 is 2.20 bits per heavy atom. The van der Waals surface area contributed by atoms with Crippen LogP contribution in [0.1, 0.15) is 55.7 Å². The zero-order valence-corrected chi connectivity index (χ0v) is 19.3. The number of quaternary nitrogens is 1. The molecule has 4 heteroatoms. The number of benzene rings is 1. The van der Waals surface area contributed by atoms with E-state index in [1.54, 1.807) is 0 Å². The molecule has 2 fully saturated rings. The topological polar surface area (TPSA) is 20.3 Å². The number of piperidine rings is 2. The van der Waals surface area contributed by atoms with Crippen LogP contribution < -0.4 is 4.90 Å². The Morgan fingerprint density at radius 2 is 1.64 bits per heavy atom.